The molecule has 1 aromatic carbocycles. The number of rotatable bonds is 7. The predicted molar refractivity (Wildman–Crippen MR) is 106 cm³/mol. The number of para-hydroxylation sites is 1. The van der Waals surface area contributed by atoms with Gasteiger partial charge in [0.1, 0.15) is 5.75 Å². The first kappa shape index (κ1) is 20.2. The summed E-state index contributed by atoms with van der Waals surface area (Å²) in [7, 11) is -1.74. The second-order valence-electron chi connectivity index (χ2n) is 9.43. The zero-order chi connectivity index (χ0) is 18.9. The highest BCUT2D eigenvalue weighted by Gasteiger charge is 2.38. The van der Waals surface area contributed by atoms with E-state index in [0.717, 1.165) is 31.4 Å². The second-order valence-corrected chi connectivity index (χ2v) is 14.2. The smallest absolute Gasteiger partial charge is 0.314 e. The van der Waals surface area contributed by atoms with Gasteiger partial charge in [-0.25, -0.2) is 0 Å². The minimum absolute atomic E-state index is 0.0826. The Morgan fingerprint density at radius 2 is 1.72 bits per heavy atom. The molecule has 0 radical (unpaired) electrons. The number of hydrogen-bond donors (Lipinski definition) is 0. The van der Waals surface area contributed by atoms with Crippen molar-refractivity contribution in [1.82, 2.24) is 0 Å². The van der Waals surface area contributed by atoms with E-state index in [1.807, 2.05) is 18.2 Å². The van der Waals surface area contributed by atoms with E-state index in [2.05, 4.69) is 53.8 Å². The van der Waals surface area contributed by atoms with Gasteiger partial charge in [-0.2, -0.15) is 0 Å². The van der Waals surface area contributed by atoms with Gasteiger partial charge < -0.3 is 9.16 Å². The van der Waals surface area contributed by atoms with Gasteiger partial charge in [0.25, 0.3) is 0 Å². The first-order chi connectivity index (χ1) is 11.4. The standard InChI is InChI=1S/C21H34O3Si/c1-20(2,3)25(6,7)23-15-14-21(4,5)17-10-8-9-11-18(17)24-19(22)16-12-13-16/h8-11,16H,12-15H2,1-7H3. The van der Waals surface area contributed by atoms with Gasteiger partial charge in [0, 0.05) is 12.2 Å². The van der Waals surface area contributed by atoms with Crippen LogP contribution in [-0.2, 0) is 14.6 Å². The lowest BCUT2D eigenvalue weighted by molar-refractivity contribution is -0.135. The van der Waals surface area contributed by atoms with Gasteiger partial charge in [0.2, 0.25) is 0 Å². The van der Waals surface area contributed by atoms with E-state index in [0.29, 0.717) is 5.75 Å². The van der Waals surface area contributed by atoms with Crippen LogP contribution in [0.25, 0.3) is 0 Å². The Labute approximate surface area is 154 Å². The van der Waals surface area contributed by atoms with Gasteiger partial charge in [-0.1, -0.05) is 52.8 Å². The number of ether oxygens (including phenoxy) is 1. The molecule has 1 aliphatic rings. The van der Waals surface area contributed by atoms with Gasteiger partial charge in [-0.15, -0.1) is 0 Å². The summed E-state index contributed by atoms with van der Waals surface area (Å²) in [5, 5.41) is 0.217. The van der Waals surface area contributed by atoms with E-state index in [9.17, 15) is 4.79 Å². The molecule has 0 bridgehead atoms. The summed E-state index contributed by atoms with van der Waals surface area (Å²) in [4.78, 5) is 12.1. The zero-order valence-electron chi connectivity index (χ0n) is 16.9. The normalized spacial score (nSPS) is 16.0. The van der Waals surface area contributed by atoms with Crippen molar-refractivity contribution in [3.63, 3.8) is 0 Å². The topological polar surface area (TPSA) is 35.5 Å². The maximum absolute atomic E-state index is 12.1. The molecule has 0 N–H and O–H groups in total. The summed E-state index contributed by atoms with van der Waals surface area (Å²) in [6, 6.07) is 7.93. The van der Waals surface area contributed by atoms with E-state index in [4.69, 9.17) is 9.16 Å². The van der Waals surface area contributed by atoms with E-state index in [1.54, 1.807) is 0 Å². The molecule has 3 nitrogen and oxygen atoms in total. The van der Waals surface area contributed by atoms with Crippen molar-refractivity contribution in [2.75, 3.05) is 6.61 Å². The molecular weight excluding hydrogens is 328 g/mol. The third-order valence-corrected chi connectivity index (χ3v) is 10.3. The fraction of sp³-hybridized carbons (Fsp3) is 0.667. The molecule has 1 fully saturated rings. The fourth-order valence-electron chi connectivity index (χ4n) is 2.54. The first-order valence-electron chi connectivity index (χ1n) is 9.39. The van der Waals surface area contributed by atoms with Crippen LogP contribution in [0.2, 0.25) is 18.1 Å². The van der Waals surface area contributed by atoms with Crippen molar-refractivity contribution in [3.8, 4) is 5.75 Å². The van der Waals surface area contributed by atoms with Crippen LogP contribution >= 0.6 is 0 Å². The third kappa shape index (κ3) is 5.17. The molecule has 1 aromatic rings. The first-order valence-corrected chi connectivity index (χ1v) is 12.3. The molecule has 2 rings (SSSR count). The molecule has 4 heteroatoms. The maximum Gasteiger partial charge on any atom is 0.314 e. The molecular formula is C21H34O3Si. The Balaban J connectivity index is 2.05. The molecule has 0 atom stereocenters. The molecule has 1 saturated carbocycles. The van der Waals surface area contributed by atoms with E-state index < -0.39 is 8.32 Å². The van der Waals surface area contributed by atoms with Crippen molar-refractivity contribution in [2.24, 2.45) is 5.92 Å². The summed E-state index contributed by atoms with van der Waals surface area (Å²) >= 11 is 0. The molecule has 0 amide bonds. The number of esters is 1. The summed E-state index contributed by atoms with van der Waals surface area (Å²) in [5.41, 5.74) is 0.978. The minimum Gasteiger partial charge on any atom is -0.426 e. The Morgan fingerprint density at radius 1 is 1.12 bits per heavy atom. The van der Waals surface area contributed by atoms with Gasteiger partial charge in [-0.05, 0) is 48.9 Å². The van der Waals surface area contributed by atoms with Crippen LogP contribution in [0.15, 0.2) is 24.3 Å². The third-order valence-electron chi connectivity index (χ3n) is 5.73. The van der Waals surface area contributed by atoms with E-state index >= 15 is 0 Å². The van der Waals surface area contributed by atoms with Gasteiger partial charge in [0.05, 0.1) is 5.92 Å². The maximum atomic E-state index is 12.1. The molecule has 25 heavy (non-hydrogen) atoms. The van der Waals surface area contributed by atoms with Crippen LogP contribution < -0.4 is 4.74 Å². The molecule has 0 spiro atoms. The summed E-state index contributed by atoms with van der Waals surface area (Å²) in [5.74, 6) is 0.732. The summed E-state index contributed by atoms with van der Waals surface area (Å²) in [6.07, 6.45) is 2.83. The molecule has 0 aromatic heterocycles. The van der Waals surface area contributed by atoms with Crippen molar-refractivity contribution in [2.45, 2.75) is 77.4 Å². The van der Waals surface area contributed by atoms with Crippen LogP contribution in [0.1, 0.15) is 59.4 Å². The molecule has 0 heterocycles. The highest BCUT2D eigenvalue weighted by Crippen LogP contribution is 2.39. The molecule has 140 valence electrons. The number of hydrogen-bond acceptors (Lipinski definition) is 3. The van der Waals surface area contributed by atoms with Gasteiger partial charge >= 0.3 is 5.97 Å². The Bertz CT molecular complexity index is 610. The predicted octanol–water partition coefficient (Wildman–Crippen LogP) is 5.69. The second kappa shape index (κ2) is 7.24. The van der Waals surface area contributed by atoms with Crippen molar-refractivity contribution in [1.29, 1.82) is 0 Å². The van der Waals surface area contributed by atoms with Gasteiger partial charge in [0.15, 0.2) is 8.32 Å². The number of carbonyl (C=O) groups is 1. The quantitative estimate of drug-likeness (QED) is 0.355. The van der Waals surface area contributed by atoms with E-state index in [-0.39, 0.29) is 22.3 Å². The van der Waals surface area contributed by atoms with Crippen LogP contribution in [0, 0.1) is 5.92 Å². The number of carbonyl (C=O) groups excluding carboxylic acids is 1. The van der Waals surface area contributed by atoms with Gasteiger partial charge in [-0.3, -0.25) is 4.79 Å². The lowest BCUT2D eigenvalue weighted by atomic mass is 9.81. The van der Waals surface area contributed by atoms with Crippen molar-refractivity contribution in [3.05, 3.63) is 29.8 Å². The Hall–Kier alpha value is -1.13. The zero-order valence-corrected chi connectivity index (χ0v) is 17.9. The highest BCUT2D eigenvalue weighted by molar-refractivity contribution is 6.74. The van der Waals surface area contributed by atoms with Crippen molar-refractivity contribution < 1.29 is 14.0 Å². The monoisotopic (exact) mass is 362 g/mol. The van der Waals surface area contributed by atoms with Crippen LogP contribution in [0.3, 0.4) is 0 Å². The minimum atomic E-state index is -1.74. The molecule has 1 aliphatic carbocycles. The average molecular weight is 363 g/mol. The van der Waals surface area contributed by atoms with E-state index in [1.165, 1.54) is 0 Å². The fourth-order valence-corrected chi connectivity index (χ4v) is 3.58. The lowest BCUT2D eigenvalue weighted by Gasteiger charge is -2.37. The largest absolute Gasteiger partial charge is 0.426 e. The SMILES string of the molecule is CC(C)(CCO[Si](C)(C)C(C)(C)C)c1ccccc1OC(=O)C1CC1. The molecule has 0 saturated heterocycles. The van der Waals surface area contributed by atoms with Crippen LogP contribution in [0.5, 0.6) is 5.75 Å². The van der Waals surface area contributed by atoms with Crippen molar-refractivity contribution >= 4 is 14.3 Å². The van der Waals surface area contributed by atoms with Crippen LogP contribution in [0.4, 0.5) is 0 Å². The van der Waals surface area contributed by atoms with Crippen LogP contribution in [-0.4, -0.2) is 20.9 Å². The highest BCUT2D eigenvalue weighted by atomic mass is 28.4. The number of benzene rings is 1. The summed E-state index contributed by atoms with van der Waals surface area (Å²) in [6.45, 7) is 16.5. The average Bonchev–Trinajstić information content (AvgIpc) is 3.30. The molecule has 0 unspecified atom stereocenters. The molecule has 0 aliphatic heterocycles. The lowest BCUT2D eigenvalue weighted by Crippen LogP contribution is -2.41. The Morgan fingerprint density at radius 3 is 2.28 bits per heavy atom. The summed E-state index contributed by atoms with van der Waals surface area (Å²) < 4.78 is 12.0. The Kier molecular flexibility index (Phi) is 5.84.